The Morgan fingerprint density at radius 3 is 2.56 bits per heavy atom. The summed E-state index contributed by atoms with van der Waals surface area (Å²) in [6, 6.07) is 0.547. The average Bonchev–Trinajstić information content (AvgIpc) is 3.14. The van der Waals surface area contributed by atoms with Gasteiger partial charge >= 0.3 is 0 Å². The second-order valence-corrected chi connectivity index (χ2v) is 6.17. The number of hydrogen-bond donors (Lipinski definition) is 2. The van der Waals surface area contributed by atoms with Crippen LogP contribution >= 0.6 is 11.8 Å². The van der Waals surface area contributed by atoms with Crippen LogP contribution in [0.1, 0.15) is 33.6 Å². The Labute approximate surface area is 113 Å². The standard InChI is InChI=1S/C12H23N5S/c1-7(2)8(3)10-15-12(18-4)16-11(17(10)13)14-9-5-6-9/h7-10H,5-6,13H2,1-4H3,(H,14,15,16). The van der Waals surface area contributed by atoms with Crippen molar-refractivity contribution >= 4 is 22.9 Å². The Morgan fingerprint density at radius 1 is 1.39 bits per heavy atom. The number of guanidine groups is 1. The van der Waals surface area contributed by atoms with E-state index in [4.69, 9.17) is 5.84 Å². The predicted molar refractivity (Wildman–Crippen MR) is 78.4 cm³/mol. The molecule has 1 fully saturated rings. The highest BCUT2D eigenvalue weighted by Crippen LogP contribution is 2.25. The van der Waals surface area contributed by atoms with E-state index in [2.05, 4.69) is 36.1 Å². The van der Waals surface area contributed by atoms with Crippen LogP contribution < -0.4 is 11.2 Å². The number of amidine groups is 1. The lowest BCUT2D eigenvalue weighted by Gasteiger charge is -2.35. The molecular formula is C12H23N5S. The van der Waals surface area contributed by atoms with E-state index in [1.165, 1.54) is 12.8 Å². The SMILES string of the molecule is CSC1=NC(C(C)C(C)C)N(N)C(NC2CC2)=N1. The van der Waals surface area contributed by atoms with Crippen molar-refractivity contribution in [2.75, 3.05) is 6.26 Å². The molecule has 102 valence electrons. The molecule has 18 heavy (non-hydrogen) atoms. The molecule has 0 aromatic heterocycles. The third-order valence-electron chi connectivity index (χ3n) is 3.59. The number of nitrogens with zero attached hydrogens (tertiary/aromatic N) is 3. The maximum absolute atomic E-state index is 6.18. The van der Waals surface area contributed by atoms with Crippen LogP contribution in [0.4, 0.5) is 0 Å². The maximum atomic E-state index is 6.18. The van der Waals surface area contributed by atoms with Gasteiger partial charge in [-0.05, 0) is 25.0 Å². The highest BCUT2D eigenvalue weighted by molar-refractivity contribution is 8.13. The molecule has 0 spiro atoms. The Hall–Kier alpha value is -0.750. The topological polar surface area (TPSA) is 66.0 Å². The maximum Gasteiger partial charge on any atom is 0.217 e. The summed E-state index contributed by atoms with van der Waals surface area (Å²) in [4.78, 5) is 9.11. The fourth-order valence-electron chi connectivity index (χ4n) is 1.81. The molecule has 1 aliphatic heterocycles. The van der Waals surface area contributed by atoms with Crippen LogP contribution in [0.2, 0.25) is 0 Å². The van der Waals surface area contributed by atoms with Crippen LogP contribution in [-0.2, 0) is 0 Å². The van der Waals surface area contributed by atoms with E-state index in [-0.39, 0.29) is 6.17 Å². The minimum atomic E-state index is -0.0220. The molecule has 3 N–H and O–H groups in total. The third-order valence-corrected chi connectivity index (χ3v) is 4.15. The van der Waals surface area contributed by atoms with Crippen LogP contribution in [0.5, 0.6) is 0 Å². The van der Waals surface area contributed by atoms with Crippen LogP contribution in [0.15, 0.2) is 9.98 Å². The molecule has 2 atom stereocenters. The van der Waals surface area contributed by atoms with Gasteiger partial charge in [0, 0.05) is 12.0 Å². The number of rotatable bonds is 3. The highest BCUT2D eigenvalue weighted by atomic mass is 32.2. The van der Waals surface area contributed by atoms with Gasteiger partial charge in [-0.1, -0.05) is 32.5 Å². The van der Waals surface area contributed by atoms with Crippen molar-refractivity contribution in [2.24, 2.45) is 27.7 Å². The van der Waals surface area contributed by atoms with Gasteiger partial charge in [-0.2, -0.15) is 4.99 Å². The number of nitrogens with two attached hydrogens (primary N) is 1. The van der Waals surface area contributed by atoms with Gasteiger partial charge in [0.2, 0.25) is 5.96 Å². The summed E-state index contributed by atoms with van der Waals surface area (Å²) in [7, 11) is 0. The Morgan fingerprint density at radius 2 is 2.06 bits per heavy atom. The number of thioether (sulfide) groups is 1. The fourth-order valence-corrected chi connectivity index (χ4v) is 2.20. The van der Waals surface area contributed by atoms with E-state index >= 15 is 0 Å². The summed E-state index contributed by atoms with van der Waals surface area (Å²) in [6.45, 7) is 6.59. The van der Waals surface area contributed by atoms with Crippen molar-refractivity contribution < 1.29 is 0 Å². The lowest BCUT2D eigenvalue weighted by molar-refractivity contribution is 0.199. The Kier molecular flexibility index (Phi) is 4.17. The first-order valence-electron chi connectivity index (χ1n) is 6.54. The fraction of sp³-hybridized carbons (Fsp3) is 0.833. The first-order chi connectivity index (χ1) is 8.52. The summed E-state index contributed by atoms with van der Waals surface area (Å²) in [5, 5.41) is 5.90. The quantitative estimate of drug-likeness (QED) is 0.764. The Bertz CT molecular complexity index is 361. The second-order valence-electron chi connectivity index (χ2n) is 5.39. The van der Waals surface area contributed by atoms with Crippen LogP contribution in [-0.4, -0.2) is 34.6 Å². The summed E-state index contributed by atoms with van der Waals surface area (Å²) in [5.74, 6) is 7.88. The zero-order chi connectivity index (χ0) is 13.3. The van der Waals surface area contributed by atoms with E-state index in [1.54, 1.807) is 16.8 Å². The van der Waals surface area contributed by atoms with Gasteiger partial charge in [0.15, 0.2) is 5.17 Å². The first-order valence-corrected chi connectivity index (χ1v) is 7.76. The molecule has 6 heteroatoms. The molecular weight excluding hydrogens is 246 g/mol. The number of hydrogen-bond acceptors (Lipinski definition) is 6. The van der Waals surface area contributed by atoms with Crippen molar-refractivity contribution in [2.45, 2.75) is 45.8 Å². The normalized spacial score (nSPS) is 25.9. The molecule has 0 amide bonds. The van der Waals surface area contributed by atoms with Crippen molar-refractivity contribution in [3.63, 3.8) is 0 Å². The smallest absolute Gasteiger partial charge is 0.217 e. The zero-order valence-electron chi connectivity index (χ0n) is 11.6. The molecule has 1 aliphatic carbocycles. The molecule has 1 saturated carbocycles. The van der Waals surface area contributed by atoms with E-state index in [0.29, 0.717) is 17.9 Å². The summed E-state index contributed by atoms with van der Waals surface area (Å²) in [6.07, 6.45) is 4.40. The number of nitrogens with one attached hydrogen (secondary N) is 1. The molecule has 0 aromatic rings. The second kappa shape index (κ2) is 5.48. The summed E-state index contributed by atoms with van der Waals surface area (Å²) in [5.41, 5.74) is 0. The number of aliphatic imine (C=N–C) groups is 2. The third kappa shape index (κ3) is 2.98. The lowest BCUT2D eigenvalue weighted by Crippen LogP contribution is -2.56. The minimum absolute atomic E-state index is 0.0220. The van der Waals surface area contributed by atoms with E-state index in [1.807, 2.05) is 6.26 Å². The van der Waals surface area contributed by atoms with Gasteiger partial charge in [0.1, 0.15) is 6.17 Å². The van der Waals surface area contributed by atoms with E-state index < -0.39 is 0 Å². The van der Waals surface area contributed by atoms with Crippen LogP contribution in [0.25, 0.3) is 0 Å². The van der Waals surface area contributed by atoms with Gasteiger partial charge in [0.25, 0.3) is 0 Å². The average molecular weight is 269 g/mol. The summed E-state index contributed by atoms with van der Waals surface area (Å²) >= 11 is 1.57. The Balaban J connectivity index is 2.16. The molecule has 0 bridgehead atoms. The van der Waals surface area contributed by atoms with Gasteiger partial charge < -0.3 is 5.32 Å². The van der Waals surface area contributed by atoms with Crippen molar-refractivity contribution in [1.82, 2.24) is 10.3 Å². The monoisotopic (exact) mass is 269 g/mol. The molecule has 2 aliphatic rings. The van der Waals surface area contributed by atoms with Gasteiger partial charge in [-0.15, -0.1) is 0 Å². The zero-order valence-corrected chi connectivity index (χ0v) is 12.4. The van der Waals surface area contributed by atoms with Gasteiger partial charge in [0.05, 0.1) is 0 Å². The molecule has 2 rings (SSSR count). The van der Waals surface area contributed by atoms with Gasteiger partial charge in [-0.3, -0.25) is 5.01 Å². The minimum Gasteiger partial charge on any atom is -0.352 e. The first kappa shape index (κ1) is 13.7. The van der Waals surface area contributed by atoms with Crippen molar-refractivity contribution in [3.8, 4) is 0 Å². The molecule has 5 nitrogen and oxygen atoms in total. The largest absolute Gasteiger partial charge is 0.352 e. The van der Waals surface area contributed by atoms with Gasteiger partial charge in [-0.25, -0.2) is 10.8 Å². The predicted octanol–water partition coefficient (Wildman–Crippen LogP) is 1.62. The molecule has 0 aromatic carbocycles. The van der Waals surface area contributed by atoms with Crippen LogP contribution in [0, 0.1) is 11.8 Å². The molecule has 0 saturated heterocycles. The summed E-state index contributed by atoms with van der Waals surface area (Å²) < 4.78 is 0. The molecule has 2 unspecified atom stereocenters. The van der Waals surface area contributed by atoms with E-state index in [9.17, 15) is 0 Å². The number of hydrazine groups is 1. The molecule has 1 heterocycles. The highest BCUT2D eigenvalue weighted by Gasteiger charge is 2.33. The van der Waals surface area contributed by atoms with Crippen molar-refractivity contribution in [3.05, 3.63) is 0 Å². The van der Waals surface area contributed by atoms with Crippen LogP contribution in [0.3, 0.4) is 0 Å². The molecule has 0 radical (unpaired) electrons. The van der Waals surface area contributed by atoms with Crippen molar-refractivity contribution in [1.29, 1.82) is 0 Å². The van der Waals surface area contributed by atoms with E-state index in [0.717, 1.165) is 11.1 Å². The lowest BCUT2D eigenvalue weighted by atomic mass is 9.94.